The van der Waals surface area contributed by atoms with Gasteiger partial charge in [-0.3, -0.25) is 4.98 Å². The van der Waals surface area contributed by atoms with Crippen LogP contribution in [0.4, 0.5) is 5.69 Å². The topological polar surface area (TPSA) is 49.1 Å². The van der Waals surface area contributed by atoms with Crippen LogP contribution in [0.2, 0.25) is 5.02 Å². The van der Waals surface area contributed by atoms with Gasteiger partial charge in [0.1, 0.15) is 18.4 Å². The molecule has 1 fully saturated rings. The van der Waals surface area contributed by atoms with Crippen LogP contribution >= 0.6 is 11.6 Å². The number of hydrogen-bond acceptors (Lipinski definition) is 4. The lowest BCUT2D eigenvalue weighted by Crippen LogP contribution is -2.18. The van der Waals surface area contributed by atoms with Gasteiger partial charge in [-0.05, 0) is 49.6 Å². The summed E-state index contributed by atoms with van der Waals surface area (Å²) < 4.78 is 5.86. The van der Waals surface area contributed by atoms with Gasteiger partial charge < -0.3 is 9.64 Å². The second-order valence-electron chi connectivity index (χ2n) is 6.87. The van der Waals surface area contributed by atoms with Gasteiger partial charge in [0.25, 0.3) is 0 Å². The van der Waals surface area contributed by atoms with Crippen LogP contribution in [0.25, 0.3) is 10.9 Å². The van der Waals surface area contributed by atoms with Crippen molar-refractivity contribution in [1.29, 1.82) is 5.26 Å². The van der Waals surface area contributed by atoms with E-state index in [2.05, 4.69) is 35.2 Å². The van der Waals surface area contributed by atoms with Gasteiger partial charge in [0.2, 0.25) is 0 Å². The van der Waals surface area contributed by atoms with Crippen molar-refractivity contribution in [2.75, 3.05) is 18.0 Å². The smallest absolute Gasteiger partial charge is 0.139 e. The maximum absolute atomic E-state index is 9.23. The van der Waals surface area contributed by atoms with Gasteiger partial charge in [0, 0.05) is 40.9 Å². The molecule has 0 amide bonds. The summed E-state index contributed by atoms with van der Waals surface area (Å²) in [6.07, 6.45) is 2.49. The molecule has 0 N–H and O–H groups in total. The Balaban J connectivity index is 1.62. The number of pyridine rings is 1. The summed E-state index contributed by atoms with van der Waals surface area (Å²) in [7, 11) is 0. The van der Waals surface area contributed by atoms with E-state index < -0.39 is 0 Å². The van der Waals surface area contributed by atoms with E-state index in [0.717, 1.165) is 29.9 Å². The van der Waals surface area contributed by atoms with E-state index in [4.69, 9.17) is 21.3 Å². The van der Waals surface area contributed by atoms with Crippen LogP contribution in [0, 0.1) is 18.3 Å². The maximum Gasteiger partial charge on any atom is 0.139 e. The predicted octanol–water partition coefficient (Wildman–Crippen LogP) is 5.25. The summed E-state index contributed by atoms with van der Waals surface area (Å²) >= 11 is 6.03. The first-order valence-corrected chi connectivity index (χ1v) is 9.49. The third-order valence-electron chi connectivity index (χ3n) is 4.89. The van der Waals surface area contributed by atoms with Crippen molar-refractivity contribution in [2.45, 2.75) is 26.4 Å². The summed E-state index contributed by atoms with van der Waals surface area (Å²) in [6, 6.07) is 15.6. The highest BCUT2D eigenvalue weighted by Gasteiger charge is 2.16. The minimum Gasteiger partial charge on any atom is -0.487 e. The molecular weight excluding hydrogens is 358 g/mol. The monoisotopic (exact) mass is 377 g/mol. The highest BCUT2D eigenvalue weighted by molar-refractivity contribution is 6.30. The van der Waals surface area contributed by atoms with Crippen LogP contribution in [0.3, 0.4) is 0 Å². The van der Waals surface area contributed by atoms with Gasteiger partial charge in [0.05, 0.1) is 11.1 Å². The average Bonchev–Trinajstić information content (AvgIpc) is 3.20. The van der Waals surface area contributed by atoms with Crippen molar-refractivity contribution >= 4 is 28.2 Å². The Morgan fingerprint density at radius 2 is 1.96 bits per heavy atom. The molecule has 0 saturated carbocycles. The number of rotatable bonds is 4. The molecule has 2 heterocycles. The van der Waals surface area contributed by atoms with E-state index in [1.165, 1.54) is 23.9 Å². The van der Waals surface area contributed by atoms with Gasteiger partial charge >= 0.3 is 0 Å². The number of fused-ring (bicyclic) bond motifs is 1. The number of benzene rings is 2. The van der Waals surface area contributed by atoms with Crippen molar-refractivity contribution < 1.29 is 4.74 Å². The number of anilines is 1. The molecule has 0 unspecified atom stereocenters. The molecule has 1 aliphatic rings. The molecule has 0 aliphatic carbocycles. The van der Waals surface area contributed by atoms with Crippen LogP contribution in [-0.2, 0) is 6.61 Å². The summed E-state index contributed by atoms with van der Waals surface area (Å²) in [4.78, 5) is 7.16. The molecule has 0 atom stereocenters. The fourth-order valence-corrected chi connectivity index (χ4v) is 3.72. The fraction of sp³-hybridized carbons (Fsp3) is 0.273. The van der Waals surface area contributed by atoms with Crippen LogP contribution in [0.15, 0.2) is 42.5 Å². The zero-order valence-electron chi connectivity index (χ0n) is 15.2. The first kappa shape index (κ1) is 17.6. The van der Waals surface area contributed by atoms with Gasteiger partial charge in [-0.15, -0.1) is 0 Å². The molecule has 1 aliphatic heterocycles. The van der Waals surface area contributed by atoms with Crippen LogP contribution in [0.1, 0.15) is 29.7 Å². The number of ether oxygens (including phenoxy) is 1. The Labute approximate surface area is 164 Å². The lowest BCUT2D eigenvalue weighted by atomic mass is 10.1. The van der Waals surface area contributed by atoms with Crippen molar-refractivity contribution in [3.8, 4) is 11.8 Å². The number of nitrogens with zero attached hydrogens (tertiary/aromatic N) is 3. The normalized spacial score (nSPS) is 13.7. The van der Waals surface area contributed by atoms with E-state index in [0.29, 0.717) is 22.9 Å². The lowest BCUT2D eigenvalue weighted by molar-refractivity contribution is 0.305. The number of aryl methyl sites for hydroxylation is 1. The van der Waals surface area contributed by atoms with Crippen molar-refractivity contribution in [3.63, 3.8) is 0 Å². The van der Waals surface area contributed by atoms with Gasteiger partial charge in [-0.1, -0.05) is 23.7 Å². The predicted molar refractivity (Wildman–Crippen MR) is 108 cm³/mol. The molecule has 2 aromatic carbocycles. The second-order valence-corrected chi connectivity index (χ2v) is 7.31. The summed E-state index contributed by atoms with van der Waals surface area (Å²) in [5, 5.41) is 10.9. The fourth-order valence-electron chi connectivity index (χ4n) is 3.56. The third kappa shape index (κ3) is 3.70. The number of nitriles is 1. The molecular formula is C22H20ClN3O. The van der Waals surface area contributed by atoms with Crippen molar-refractivity contribution in [1.82, 2.24) is 4.98 Å². The maximum atomic E-state index is 9.23. The van der Waals surface area contributed by atoms with E-state index in [1.807, 2.05) is 6.92 Å². The molecule has 5 heteroatoms. The minimum absolute atomic E-state index is 0.361. The molecule has 4 rings (SSSR count). The molecule has 27 heavy (non-hydrogen) atoms. The Morgan fingerprint density at radius 3 is 2.74 bits per heavy atom. The van der Waals surface area contributed by atoms with E-state index in [1.54, 1.807) is 18.2 Å². The molecule has 1 saturated heterocycles. The standard InChI is InChI=1S/C22H20ClN3O/c1-15-10-21(26-8-2-3-9-26)19-7-4-16(11-20(19)25-15)14-27-22-12-18(23)6-5-17(22)13-24/h4-7,10-12H,2-3,8-9,14H2,1H3. The second kappa shape index (κ2) is 7.46. The zero-order valence-corrected chi connectivity index (χ0v) is 16.0. The molecule has 4 nitrogen and oxygen atoms in total. The number of halogens is 1. The Kier molecular flexibility index (Phi) is 4.87. The Morgan fingerprint density at radius 1 is 1.15 bits per heavy atom. The highest BCUT2D eigenvalue weighted by Crippen LogP contribution is 2.30. The van der Waals surface area contributed by atoms with Gasteiger partial charge in [-0.2, -0.15) is 5.26 Å². The van der Waals surface area contributed by atoms with Crippen LogP contribution in [-0.4, -0.2) is 18.1 Å². The van der Waals surface area contributed by atoms with E-state index in [-0.39, 0.29) is 0 Å². The average molecular weight is 378 g/mol. The van der Waals surface area contributed by atoms with Gasteiger partial charge in [-0.25, -0.2) is 0 Å². The van der Waals surface area contributed by atoms with Crippen LogP contribution in [0.5, 0.6) is 5.75 Å². The quantitative estimate of drug-likeness (QED) is 0.623. The van der Waals surface area contributed by atoms with Crippen molar-refractivity contribution in [2.24, 2.45) is 0 Å². The number of aromatic nitrogens is 1. The SMILES string of the molecule is Cc1cc(N2CCCC2)c2ccc(COc3cc(Cl)ccc3C#N)cc2n1. The minimum atomic E-state index is 0.361. The third-order valence-corrected chi connectivity index (χ3v) is 5.12. The molecule has 3 aromatic rings. The molecule has 0 bridgehead atoms. The molecule has 0 radical (unpaired) electrons. The first-order chi connectivity index (χ1) is 13.1. The van der Waals surface area contributed by atoms with E-state index >= 15 is 0 Å². The summed E-state index contributed by atoms with van der Waals surface area (Å²) in [5.41, 5.74) is 4.75. The van der Waals surface area contributed by atoms with Crippen molar-refractivity contribution in [3.05, 3.63) is 64.3 Å². The van der Waals surface area contributed by atoms with Gasteiger partial charge in [0.15, 0.2) is 0 Å². The summed E-state index contributed by atoms with van der Waals surface area (Å²) in [6.45, 7) is 4.61. The molecule has 0 spiro atoms. The molecule has 1 aromatic heterocycles. The summed E-state index contributed by atoms with van der Waals surface area (Å²) in [5.74, 6) is 0.500. The number of hydrogen-bond donors (Lipinski definition) is 0. The van der Waals surface area contributed by atoms with E-state index in [9.17, 15) is 5.26 Å². The molecule has 136 valence electrons. The largest absolute Gasteiger partial charge is 0.487 e. The lowest BCUT2D eigenvalue weighted by Gasteiger charge is -2.20. The first-order valence-electron chi connectivity index (χ1n) is 9.12. The Hall–Kier alpha value is -2.77. The van der Waals surface area contributed by atoms with Crippen LogP contribution < -0.4 is 9.64 Å². The zero-order chi connectivity index (χ0) is 18.8. The Bertz CT molecular complexity index is 1040. The highest BCUT2D eigenvalue weighted by atomic mass is 35.5.